The Morgan fingerprint density at radius 2 is 1.53 bits per heavy atom. The Morgan fingerprint density at radius 1 is 0.816 bits per heavy atom. The average Bonchev–Trinajstić information content (AvgIpc) is 3.45. The third-order valence-electron chi connectivity index (χ3n) is 5.23. The van der Waals surface area contributed by atoms with Gasteiger partial charge in [0.05, 0.1) is 11.6 Å². The van der Waals surface area contributed by atoms with Crippen molar-refractivity contribution in [1.82, 2.24) is 5.32 Å². The van der Waals surface area contributed by atoms with Gasteiger partial charge < -0.3 is 26.0 Å². The van der Waals surface area contributed by atoms with E-state index in [0.717, 1.165) is 10.4 Å². The number of thiophene rings is 1. The number of rotatable bonds is 8. The number of nitriles is 1. The van der Waals surface area contributed by atoms with Gasteiger partial charge >= 0.3 is 12.1 Å². The molecule has 9 nitrogen and oxygen atoms in total. The van der Waals surface area contributed by atoms with Gasteiger partial charge in [0, 0.05) is 34.0 Å². The maximum atomic E-state index is 12.7. The number of alkyl carbamates (subject to hydrolysis) is 1. The zero-order valence-electron chi connectivity index (χ0n) is 20.1. The van der Waals surface area contributed by atoms with E-state index in [1.165, 1.54) is 11.3 Å². The van der Waals surface area contributed by atoms with Gasteiger partial charge in [-0.1, -0.05) is 24.3 Å². The van der Waals surface area contributed by atoms with Gasteiger partial charge in [-0.05, 0) is 71.6 Å². The minimum absolute atomic E-state index is 0.223. The van der Waals surface area contributed by atoms with Crippen LogP contribution in [0.25, 0.3) is 0 Å². The van der Waals surface area contributed by atoms with Crippen LogP contribution in [0.2, 0.25) is 0 Å². The Balaban J connectivity index is 1.25. The SMILES string of the molecule is N#Cc1ccc(NC(=O)Nc2cccc(NC(=O)c3ccc(CNC(=O)OCc4cccs4)cc3)c2)cc1. The molecule has 0 atom stereocenters. The number of carbonyl (C=O) groups is 3. The molecule has 0 saturated carbocycles. The molecule has 4 N–H and O–H groups in total. The number of amides is 4. The summed E-state index contributed by atoms with van der Waals surface area (Å²) in [6.07, 6.45) is -0.515. The van der Waals surface area contributed by atoms with E-state index in [1.807, 2.05) is 23.6 Å². The van der Waals surface area contributed by atoms with Crippen molar-refractivity contribution >= 4 is 46.4 Å². The van der Waals surface area contributed by atoms with Crippen LogP contribution in [0.4, 0.5) is 26.7 Å². The van der Waals surface area contributed by atoms with Crippen molar-refractivity contribution in [2.75, 3.05) is 16.0 Å². The Morgan fingerprint density at radius 3 is 2.21 bits per heavy atom. The summed E-state index contributed by atoms with van der Waals surface area (Å²) in [7, 11) is 0. The first-order chi connectivity index (χ1) is 18.5. The van der Waals surface area contributed by atoms with E-state index in [2.05, 4.69) is 21.3 Å². The van der Waals surface area contributed by atoms with Crippen molar-refractivity contribution in [3.63, 3.8) is 0 Å². The number of carbonyl (C=O) groups excluding carboxylic acids is 3. The summed E-state index contributed by atoms with van der Waals surface area (Å²) < 4.78 is 5.16. The van der Waals surface area contributed by atoms with Crippen molar-refractivity contribution in [2.45, 2.75) is 13.2 Å². The minimum Gasteiger partial charge on any atom is -0.444 e. The average molecular weight is 526 g/mol. The maximum absolute atomic E-state index is 12.7. The van der Waals surface area contributed by atoms with Gasteiger partial charge in [0.25, 0.3) is 5.91 Å². The van der Waals surface area contributed by atoms with E-state index in [0.29, 0.717) is 28.2 Å². The number of hydrogen-bond donors (Lipinski definition) is 4. The van der Waals surface area contributed by atoms with E-state index < -0.39 is 12.1 Å². The minimum atomic E-state index is -0.515. The molecule has 3 aromatic carbocycles. The quantitative estimate of drug-likeness (QED) is 0.226. The number of hydrogen-bond acceptors (Lipinski definition) is 6. The summed E-state index contributed by atoms with van der Waals surface area (Å²) >= 11 is 1.52. The van der Waals surface area contributed by atoms with Crippen LogP contribution in [0.1, 0.15) is 26.4 Å². The lowest BCUT2D eigenvalue weighted by molar-refractivity contribution is 0.102. The molecule has 38 heavy (non-hydrogen) atoms. The highest BCUT2D eigenvalue weighted by molar-refractivity contribution is 7.09. The second-order valence-corrected chi connectivity index (χ2v) is 9.04. The van der Waals surface area contributed by atoms with Gasteiger partial charge in [0.1, 0.15) is 6.61 Å². The van der Waals surface area contributed by atoms with Crippen LogP contribution < -0.4 is 21.3 Å². The van der Waals surface area contributed by atoms with E-state index in [4.69, 9.17) is 10.00 Å². The van der Waals surface area contributed by atoms with E-state index >= 15 is 0 Å². The van der Waals surface area contributed by atoms with Gasteiger partial charge in [-0.2, -0.15) is 5.26 Å². The summed E-state index contributed by atoms with van der Waals surface area (Å²) in [5.41, 5.74) is 3.28. The summed E-state index contributed by atoms with van der Waals surface area (Å²) in [5, 5.41) is 21.7. The van der Waals surface area contributed by atoms with Gasteiger partial charge in [0.15, 0.2) is 0 Å². The molecule has 0 aliphatic rings. The normalized spacial score (nSPS) is 10.1. The zero-order chi connectivity index (χ0) is 26.7. The lowest BCUT2D eigenvalue weighted by atomic mass is 10.1. The van der Waals surface area contributed by atoms with Crippen molar-refractivity contribution in [1.29, 1.82) is 5.26 Å². The number of ether oxygens (including phenoxy) is 1. The fourth-order valence-electron chi connectivity index (χ4n) is 3.33. The van der Waals surface area contributed by atoms with Gasteiger partial charge in [0.2, 0.25) is 0 Å². The topological polar surface area (TPSA) is 132 Å². The molecular weight excluding hydrogens is 502 g/mol. The second-order valence-electron chi connectivity index (χ2n) is 8.01. The van der Waals surface area contributed by atoms with Crippen molar-refractivity contribution in [3.8, 4) is 6.07 Å². The smallest absolute Gasteiger partial charge is 0.407 e. The monoisotopic (exact) mass is 525 g/mol. The van der Waals surface area contributed by atoms with E-state index in [1.54, 1.807) is 72.8 Å². The van der Waals surface area contributed by atoms with Gasteiger partial charge in [-0.25, -0.2) is 9.59 Å². The molecule has 1 aromatic heterocycles. The van der Waals surface area contributed by atoms with Crippen LogP contribution in [-0.4, -0.2) is 18.0 Å². The van der Waals surface area contributed by atoms with Crippen molar-refractivity contribution in [2.24, 2.45) is 0 Å². The Kier molecular flexibility index (Phi) is 8.68. The number of nitrogens with zero attached hydrogens (tertiary/aromatic N) is 1. The summed E-state index contributed by atoms with van der Waals surface area (Å²) in [6.45, 7) is 0.491. The number of benzene rings is 3. The van der Waals surface area contributed by atoms with Crippen LogP contribution >= 0.6 is 11.3 Å². The highest BCUT2D eigenvalue weighted by atomic mass is 32.1. The lowest BCUT2D eigenvalue weighted by Crippen LogP contribution is -2.23. The third kappa shape index (κ3) is 7.68. The highest BCUT2D eigenvalue weighted by Crippen LogP contribution is 2.17. The molecule has 4 rings (SSSR count). The summed E-state index contributed by atoms with van der Waals surface area (Å²) in [4.78, 5) is 37.8. The summed E-state index contributed by atoms with van der Waals surface area (Å²) in [6, 6.07) is 25.4. The van der Waals surface area contributed by atoms with E-state index in [9.17, 15) is 14.4 Å². The molecule has 0 aliphatic heterocycles. The van der Waals surface area contributed by atoms with Gasteiger partial charge in [-0.3, -0.25) is 4.79 Å². The fourth-order valence-corrected chi connectivity index (χ4v) is 3.95. The summed E-state index contributed by atoms with van der Waals surface area (Å²) in [5.74, 6) is -0.320. The van der Waals surface area contributed by atoms with Gasteiger partial charge in [-0.15, -0.1) is 11.3 Å². The first kappa shape index (κ1) is 25.9. The maximum Gasteiger partial charge on any atom is 0.407 e. The molecule has 0 aliphatic carbocycles. The predicted molar refractivity (Wildman–Crippen MR) is 146 cm³/mol. The third-order valence-corrected chi connectivity index (χ3v) is 6.08. The zero-order valence-corrected chi connectivity index (χ0v) is 20.9. The predicted octanol–water partition coefficient (Wildman–Crippen LogP) is 5.94. The van der Waals surface area contributed by atoms with Crippen molar-refractivity contribution < 1.29 is 19.1 Å². The first-order valence-electron chi connectivity index (χ1n) is 11.5. The largest absolute Gasteiger partial charge is 0.444 e. The molecule has 0 unspecified atom stereocenters. The Hall–Kier alpha value is -5.14. The first-order valence-corrected chi connectivity index (χ1v) is 12.4. The van der Waals surface area contributed by atoms with Crippen LogP contribution in [-0.2, 0) is 17.9 Å². The molecule has 1 heterocycles. The number of urea groups is 1. The molecule has 0 bridgehead atoms. The molecular formula is C28H23N5O4S. The Labute approximate surface area is 223 Å². The van der Waals surface area contributed by atoms with Crippen LogP contribution in [0.3, 0.4) is 0 Å². The number of anilines is 3. The van der Waals surface area contributed by atoms with E-state index in [-0.39, 0.29) is 19.1 Å². The van der Waals surface area contributed by atoms with Crippen LogP contribution in [0.5, 0.6) is 0 Å². The molecule has 4 aromatic rings. The van der Waals surface area contributed by atoms with Crippen molar-refractivity contribution in [3.05, 3.63) is 112 Å². The molecule has 10 heteroatoms. The van der Waals surface area contributed by atoms with Crippen LogP contribution in [0, 0.1) is 11.3 Å². The molecule has 0 spiro atoms. The molecule has 4 amide bonds. The molecule has 0 fully saturated rings. The fraction of sp³-hybridized carbons (Fsp3) is 0.0714. The second kappa shape index (κ2) is 12.7. The molecule has 0 radical (unpaired) electrons. The highest BCUT2D eigenvalue weighted by Gasteiger charge is 2.09. The number of nitrogens with one attached hydrogen (secondary N) is 4. The lowest BCUT2D eigenvalue weighted by Gasteiger charge is -2.10. The standard InChI is InChI=1S/C28H23N5O4S/c29-16-19-8-12-22(13-9-19)32-27(35)33-24-4-1-3-23(15-24)31-26(34)21-10-6-20(7-11-21)17-30-28(36)37-18-25-5-2-14-38-25/h1-15H,17-18H2,(H,30,36)(H,31,34)(H2,32,33,35). The molecule has 0 saturated heterocycles. The molecule has 190 valence electrons. The Bertz CT molecular complexity index is 1450. The van der Waals surface area contributed by atoms with Crippen LogP contribution in [0.15, 0.2) is 90.3 Å².